The van der Waals surface area contributed by atoms with Crippen molar-refractivity contribution < 1.29 is 19.1 Å². The van der Waals surface area contributed by atoms with Crippen LogP contribution in [0.2, 0.25) is 0 Å². The van der Waals surface area contributed by atoms with Gasteiger partial charge in [0, 0.05) is 13.2 Å². The molecule has 0 fully saturated rings. The molecule has 0 N–H and O–H groups in total. The zero-order valence-corrected chi connectivity index (χ0v) is 10.9. The third-order valence-electron chi connectivity index (χ3n) is 2.25. The fourth-order valence-corrected chi connectivity index (χ4v) is 1.25. The largest absolute Gasteiger partial charge is 0.356 e. The van der Waals surface area contributed by atoms with E-state index in [-0.39, 0.29) is 0 Å². The number of ether oxygens (including phenoxy) is 2. The minimum Gasteiger partial charge on any atom is -0.356 e. The van der Waals surface area contributed by atoms with Crippen molar-refractivity contribution in [1.82, 2.24) is 0 Å². The van der Waals surface area contributed by atoms with Crippen molar-refractivity contribution in [1.29, 1.82) is 0 Å². The van der Waals surface area contributed by atoms with E-state index in [0.29, 0.717) is 26.1 Å². The molecule has 18 heavy (non-hydrogen) atoms. The Labute approximate surface area is 107 Å². The third-order valence-corrected chi connectivity index (χ3v) is 2.25. The van der Waals surface area contributed by atoms with Gasteiger partial charge < -0.3 is 9.47 Å². The Bertz CT molecular complexity index is 266. The molecule has 0 bridgehead atoms. The Balaban J connectivity index is 3.55. The van der Waals surface area contributed by atoms with E-state index in [2.05, 4.69) is 9.98 Å². The SMILES string of the molecule is CCC(N=C=O)OCCCCOC(CC)N=C=O. The summed E-state index contributed by atoms with van der Waals surface area (Å²) in [5.41, 5.74) is 0. The molecule has 0 aliphatic rings. The molecule has 0 aliphatic heterocycles. The van der Waals surface area contributed by atoms with Gasteiger partial charge in [-0.1, -0.05) is 13.8 Å². The summed E-state index contributed by atoms with van der Waals surface area (Å²) < 4.78 is 10.7. The smallest absolute Gasteiger partial charge is 0.237 e. The molecule has 0 radical (unpaired) electrons. The number of carbonyl (C=O) groups excluding carboxylic acids is 2. The summed E-state index contributed by atoms with van der Waals surface area (Å²) in [5, 5.41) is 0. The van der Waals surface area contributed by atoms with Gasteiger partial charge in [0.2, 0.25) is 12.2 Å². The molecular formula is C12H20N2O4. The highest BCUT2D eigenvalue weighted by Crippen LogP contribution is 2.03. The minimum absolute atomic E-state index is 0.397. The molecule has 6 heteroatoms. The summed E-state index contributed by atoms with van der Waals surface area (Å²) in [5.74, 6) is 0. The van der Waals surface area contributed by atoms with Gasteiger partial charge in [-0.2, -0.15) is 9.98 Å². The van der Waals surface area contributed by atoms with Crippen LogP contribution in [0.5, 0.6) is 0 Å². The first-order valence-electron chi connectivity index (χ1n) is 6.15. The third kappa shape index (κ3) is 8.79. The van der Waals surface area contributed by atoms with Gasteiger partial charge in [-0.25, -0.2) is 9.59 Å². The number of hydrogen-bond acceptors (Lipinski definition) is 6. The van der Waals surface area contributed by atoms with Gasteiger partial charge in [0.15, 0.2) is 12.5 Å². The number of rotatable bonds is 11. The highest BCUT2D eigenvalue weighted by atomic mass is 16.5. The maximum absolute atomic E-state index is 10.0. The minimum atomic E-state index is -0.397. The predicted molar refractivity (Wildman–Crippen MR) is 65.5 cm³/mol. The lowest BCUT2D eigenvalue weighted by Gasteiger charge is -2.11. The summed E-state index contributed by atoms with van der Waals surface area (Å²) in [6.45, 7) is 4.80. The monoisotopic (exact) mass is 256 g/mol. The van der Waals surface area contributed by atoms with E-state index in [1.54, 1.807) is 0 Å². The van der Waals surface area contributed by atoms with Crippen molar-refractivity contribution >= 4 is 12.2 Å². The molecule has 0 saturated carbocycles. The van der Waals surface area contributed by atoms with E-state index < -0.39 is 12.5 Å². The first-order chi connectivity index (χ1) is 8.78. The van der Waals surface area contributed by atoms with Gasteiger partial charge in [-0.15, -0.1) is 0 Å². The maximum Gasteiger partial charge on any atom is 0.237 e. The van der Waals surface area contributed by atoms with Crippen LogP contribution in [0, 0.1) is 0 Å². The van der Waals surface area contributed by atoms with E-state index >= 15 is 0 Å². The van der Waals surface area contributed by atoms with Crippen LogP contribution in [0.4, 0.5) is 0 Å². The van der Waals surface area contributed by atoms with Gasteiger partial charge in [0.05, 0.1) is 0 Å². The zero-order valence-electron chi connectivity index (χ0n) is 10.9. The molecule has 0 rings (SSSR count). The molecule has 2 unspecified atom stereocenters. The van der Waals surface area contributed by atoms with E-state index in [9.17, 15) is 9.59 Å². The fraction of sp³-hybridized carbons (Fsp3) is 0.833. The molecule has 0 saturated heterocycles. The van der Waals surface area contributed by atoms with Crippen molar-refractivity contribution in [2.45, 2.75) is 52.0 Å². The number of unbranched alkanes of at least 4 members (excludes halogenated alkanes) is 1. The lowest BCUT2D eigenvalue weighted by Crippen LogP contribution is -2.12. The van der Waals surface area contributed by atoms with Gasteiger partial charge in [-0.05, 0) is 25.7 Å². The molecule has 0 amide bonds. The van der Waals surface area contributed by atoms with Crippen molar-refractivity contribution in [3.05, 3.63) is 0 Å². The van der Waals surface area contributed by atoms with E-state index in [4.69, 9.17) is 9.47 Å². The van der Waals surface area contributed by atoms with Crippen LogP contribution in [-0.4, -0.2) is 37.8 Å². The topological polar surface area (TPSA) is 77.3 Å². The lowest BCUT2D eigenvalue weighted by molar-refractivity contribution is 0.0328. The lowest BCUT2D eigenvalue weighted by atomic mass is 10.3. The summed E-state index contributed by atoms with van der Waals surface area (Å²) in [6.07, 6.45) is 5.07. The van der Waals surface area contributed by atoms with Crippen LogP contribution in [0.25, 0.3) is 0 Å². The molecule has 0 aliphatic carbocycles. The molecule has 0 heterocycles. The second-order valence-corrected chi connectivity index (χ2v) is 3.62. The molecule has 102 valence electrons. The summed E-state index contributed by atoms with van der Waals surface area (Å²) in [4.78, 5) is 27.1. The number of nitrogens with zero attached hydrogens (tertiary/aromatic N) is 2. The van der Waals surface area contributed by atoms with E-state index in [1.807, 2.05) is 13.8 Å². The normalized spacial score (nSPS) is 13.2. The maximum atomic E-state index is 10.0. The number of hydrogen-bond donors (Lipinski definition) is 0. The Kier molecular flexibility index (Phi) is 11.3. The van der Waals surface area contributed by atoms with Crippen molar-refractivity contribution in [3.8, 4) is 0 Å². The first-order valence-corrected chi connectivity index (χ1v) is 6.15. The van der Waals surface area contributed by atoms with Crippen molar-refractivity contribution in [2.75, 3.05) is 13.2 Å². The summed E-state index contributed by atoms with van der Waals surface area (Å²) in [6, 6.07) is 0. The molecular weight excluding hydrogens is 236 g/mol. The van der Waals surface area contributed by atoms with Crippen LogP contribution in [-0.2, 0) is 19.1 Å². The average Bonchev–Trinajstić information content (AvgIpc) is 2.39. The van der Waals surface area contributed by atoms with Gasteiger partial charge in [-0.3, -0.25) is 0 Å². The highest BCUT2D eigenvalue weighted by molar-refractivity contribution is 5.33. The Morgan fingerprint density at radius 1 is 0.889 bits per heavy atom. The first kappa shape index (κ1) is 16.7. The highest BCUT2D eigenvalue weighted by Gasteiger charge is 2.04. The van der Waals surface area contributed by atoms with Crippen LogP contribution >= 0.6 is 0 Å². The Morgan fingerprint density at radius 3 is 1.56 bits per heavy atom. The molecule has 0 spiro atoms. The van der Waals surface area contributed by atoms with Crippen LogP contribution in [0.3, 0.4) is 0 Å². The number of aliphatic imine (C=N–C) groups is 2. The molecule has 6 nitrogen and oxygen atoms in total. The molecule has 0 aromatic heterocycles. The Morgan fingerprint density at radius 2 is 1.28 bits per heavy atom. The molecule has 2 atom stereocenters. The second-order valence-electron chi connectivity index (χ2n) is 3.62. The molecule has 0 aromatic carbocycles. The quantitative estimate of drug-likeness (QED) is 0.321. The van der Waals surface area contributed by atoms with Crippen LogP contribution in [0.15, 0.2) is 9.98 Å². The fourth-order valence-electron chi connectivity index (χ4n) is 1.25. The number of isocyanates is 2. The van der Waals surface area contributed by atoms with Gasteiger partial charge in [0.25, 0.3) is 0 Å². The summed E-state index contributed by atoms with van der Waals surface area (Å²) >= 11 is 0. The van der Waals surface area contributed by atoms with Crippen molar-refractivity contribution in [2.24, 2.45) is 9.98 Å². The van der Waals surface area contributed by atoms with Gasteiger partial charge in [0.1, 0.15) is 0 Å². The van der Waals surface area contributed by atoms with Crippen LogP contribution < -0.4 is 0 Å². The second kappa shape index (κ2) is 12.1. The standard InChI is InChI=1S/C12H20N2O4/c1-3-11(13-9-15)17-7-5-6-8-18-12(4-2)14-10-16/h11-12H,3-8H2,1-2H3. The zero-order chi connectivity index (χ0) is 13.6. The predicted octanol–water partition coefficient (Wildman–Crippen LogP) is 1.94. The van der Waals surface area contributed by atoms with Gasteiger partial charge >= 0.3 is 0 Å². The van der Waals surface area contributed by atoms with Crippen LogP contribution in [0.1, 0.15) is 39.5 Å². The summed E-state index contributed by atoms with van der Waals surface area (Å²) in [7, 11) is 0. The van der Waals surface area contributed by atoms with E-state index in [1.165, 1.54) is 12.2 Å². The van der Waals surface area contributed by atoms with Crippen molar-refractivity contribution in [3.63, 3.8) is 0 Å². The van der Waals surface area contributed by atoms with E-state index in [0.717, 1.165) is 12.8 Å². The average molecular weight is 256 g/mol. The Hall–Kier alpha value is -1.32. The molecule has 0 aromatic rings.